The molecule has 1 saturated heterocycles. The fourth-order valence-electron chi connectivity index (χ4n) is 4.43. The third-order valence-corrected chi connectivity index (χ3v) is 5.76. The molecule has 2 aromatic carbocycles. The first-order valence-corrected chi connectivity index (χ1v) is 8.95. The summed E-state index contributed by atoms with van der Waals surface area (Å²) in [5, 5.41) is 5.61. The van der Waals surface area contributed by atoms with Gasteiger partial charge in [0.2, 0.25) is 5.91 Å². The van der Waals surface area contributed by atoms with E-state index in [9.17, 15) is 18.8 Å². The first-order valence-electron chi connectivity index (χ1n) is 8.95. The Morgan fingerprint density at radius 1 is 0.964 bits per heavy atom. The lowest BCUT2D eigenvalue weighted by molar-refractivity contribution is -0.129. The van der Waals surface area contributed by atoms with E-state index in [-0.39, 0.29) is 5.78 Å². The fraction of sp³-hybridized carbons (Fsp3) is 0.190. The highest BCUT2D eigenvalue weighted by atomic mass is 19.1. The van der Waals surface area contributed by atoms with Gasteiger partial charge in [-0.25, -0.2) is 9.18 Å². The Morgan fingerprint density at radius 2 is 1.64 bits per heavy atom. The van der Waals surface area contributed by atoms with Gasteiger partial charge in [0.1, 0.15) is 12.0 Å². The molecule has 3 aliphatic rings. The van der Waals surface area contributed by atoms with Crippen molar-refractivity contribution in [1.82, 2.24) is 15.5 Å². The zero-order chi connectivity index (χ0) is 19.6. The van der Waals surface area contributed by atoms with Crippen molar-refractivity contribution < 1.29 is 18.8 Å². The standard InChI is InChI=1S/C21H16FN3O3/c1-25-19-16(20(27)24-21(25)28)14(10-6-8-11(22)9-7-10)15-17(23-19)12-4-2-3-5-13(12)18(15)26/h2-9,14,16,19,23H,1H3,(H,24,27,28). The van der Waals surface area contributed by atoms with E-state index in [0.717, 1.165) is 5.56 Å². The molecule has 2 heterocycles. The SMILES string of the molecule is CN1C(=O)NC(=O)C2C(c3ccc(F)cc3)C3=C(NC21)c1ccccc1C3=O. The van der Waals surface area contributed by atoms with Crippen LogP contribution in [0.4, 0.5) is 9.18 Å². The maximum Gasteiger partial charge on any atom is 0.325 e. The number of urea groups is 1. The molecule has 2 aromatic rings. The Bertz CT molecular complexity index is 1080. The Morgan fingerprint density at radius 3 is 2.36 bits per heavy atom. The quantitative estimate of drug-likeness (QED) is 0.799. The van der Waals surface area contributed by atoms with Crippen LogP contribution in [0.5, 0.6) is 0 Å². The zero-order valence-electron chi connectivity index (χ0n) is 14.9. The molecule has 0 spiro atoms. The summed E-state index contributed by atoms with van der Waals surface area (Å²) in [5.41, 5.74) is 3.07. The highest BCUT2D eigenvalue weighted by molar-refractivity contribution is 6.22. The summed E-state index contributed by atoms with van der Waals surface area (Å²) in [6, 6.07) is 12.5. The molecule has 6 nitrogen and oxygen atoms in total. The molecule has 0 bridgehead atoms. The van der Waals surface area contributed by atoms with Crippen LogP contribution in [0.3, 0.4) is 0 Å². The van der Waals surface area contributed by atoms with Gasteiger partial charge in [-0.1, -0.05) is 36.4 Å². The predicted molar refractivity (Wildman–Crippen MR) is 98.5 cm³/mol. The minimum atomic E-state index is -0.717. The number of amides is 3. The van der Waals surface area contributed by atoms with Crippen LogP contribution in [0.25, 0.3) is 5.70 Å². The van der Waals surface area contributed by atoms with Crippen LogP contribution >= 0.6 is 0 Å². The van der Waals surface area contributed by atoms with E-state index in [1.165, 1.54) is 17.0 Å². The lowest BCUT2D eigenvalue weighted by Crippen LogP contribution is -2.66. The van der Waals surface area contributed by atoms with Crippen molar-refractivity contribution >= 4 is 23.4 Å². The van der Waals surface area contributed by atoms with Crippen LogP contribution in [0.15, 0.2) is 54.1 Å². The topological polar surface area (TPSA) is 78.5 Å². The molecule has 2 aliphatic heterocycles. The molecule has 5 rings (SSSR count). The summed E-state index contributed by atoms with van der Waals surface area (Å²) < 4.78 is 13.5. The lowest BCUT2D eigenvalue weighted by Gasteiger charge is -2.45. The summed E-state index contributed by atoms with van der Waals surface area (Å²) in [5.74, 6) is -2.32. The van der Waals surface area contributed by atoms with Gasteiger partial charge in [-0.2, -0.15) is 0 Å². The summed E-state index contributed by atoms with van der Waals surface area (Å²) in [6.07, 6.45) is -0.617. The summed E-state index contributed by atoms with van der Waals surface area (Å²) in [6.45, 7) is 0. The van der Waals surface area contributed by atoms with Gasteiger partial charge in [0.15, 0.2) is 5.78 Å². The highest BCUT2D eigenvalue weighted by Crippen LogP contribution is 2.48. The first kappa shape index (κ1) is 16.7. The Labute approximate surface area is 160 Å². The molecule has 7 heteroatoms. The smallest absolute Gasteiger partial charge is 0.325 e. The molecular weight excluding hydrogens is 361 g/mol. The van der Waals surface area contributed by atoms with Crippen molar-refractivity contribution in [3.8, 4) is 0 Å². The van der Waals surface area contributed by atoms with Gasteiger partial charge in [-0.15, -0.1) is 0 Å². The summed E-state index contributed by atoms with van der Waals surface area (Å²) in [7, 11) is 1.60. The van der Waals surface area contributed by atoms with Gasteiger partial charge in [0.05, 0.1) is 11.6 Å². The second-order valence-electron chi connectivity index (χ2n) is 7.21. The maximum absolute atomic E-state index is 13.5. The number of fused-ring (bicyclic) bond motifs is 3. The average Bonchev–Trinajstić information content (AvgIpc) is 2.98. The molecule has 140 valence electrons. The number of carbonyl (C=O) groups excluding carboxylic acids is 3. The van der Waals surface area contributed by atoms with Gasteiger partial charge in [-0.3, -0.25) is 14.9 Å². The summed E-state index contributed by atoms with van der Waals surface area (Å²) in [4.78, 5) is 39.6. The predicted octanol–water partition coefficient (Wildman–Crippen LogP) is 2.24. The Balaban J connectivity index is 1.74. The third-order valence-electron chi connectivity index (χ3n) is 5.76. The number of hydrogen-bond donors (Lipinski definition) is 2. The lowest BCUT2D eigenvalue weighted by atomic mass is 9.73. The van der Waals surface area contributed by atoms with Crippen LogP contribution in [0.1, 0.15) is 27.4 Å². The van der Waals surface area contributed by atoms with E-state index in [0.29, 0.717) is 22.4 Å². The number of nitrogens with zero attached hydrogens (tertiary/aromatic N) is 1. The van der Waals surface area contributed by atoms with Crippen molar-refractivity contribution in [3.63, 3.8) is 0 Å². The zero-order valence-corrected chi connectivity index (χ0v) is 14.9. The van der Waals surface area contributed by atoms with Crippen molar-refractivity contribution in [1.29, 1.82) is 0 Å². The second kappa shape index (κ2) is 5.76. The average molecular weight is 377 g/mol. The number of nitrogens with one attached hydrogen (secondary N) is 2. The van der Waals surface area contributed by atoms with Gasteiger partial charge in [-0.05, 0) is 17.7 Å². The number of Topliss-reactive ketones (excluding diaryl/α,β-unsaturated/α-hetero) is 1. The minimum Gasteiger partial charge on any atom is -0.364 e. The molecule has 1 aliphatic carbocycles. The van der Waals surface area contributed by atoms with Crippen LogP contribution < -0.4 is 10.6 Å². The van der Waals surface area contributed by atoms with Crippen molar-refractivity contribution in [2.75, 3.05) is 7.05 Å². The van der Waals surface area contributed by atoms with Crippen LogP contribution in [-0.2, 0) is 4.79 Å². The minimum absolute atomic E-state index is 0.154. The van der Waals surface area contributed by atoms with Crippen molar-refractivity contribution in [3.05, 3.63) is 76.6 Å². The number of benzene rings is 2. The monoisotopic (exact) mass is 377 g/mol. The molecule has 0 saturated carbocycles. The van der Waals surface area contributed by atoms with Crippen molar-refractivity contribution in [2.45, 2.75) is 12.1 Å². The van der Waals surface area contributed by atoms with E-state index in [2.05, 4.69) is 10.6 Å². The first-order chi connectivity index (χ1) is 13.5. The van der Waals surface area contributed by atoms with Crippen LogP contribution in [0, 0.1) is 11.7 Å². The molecule has 0 radical (unpaired) electrons. The normalized spacial score (nSPS) is 25.7. The highest BCUT2D eigenvalue weighted by Gasteiger charge is 2.52. The van der Waals surface area contributed by atoms with E-state index in [1.54, 1.807) is 31.3 Å². The van der Waals surface area contributed by atoms with Crippen LogP contribution in [-0.4, -0.2) is 35.8 Å². The number of carbonyl (C=O) groups is 3. The number of ketones is 1. The molecule has 2 N–H and O–H groups in total. The van der Waals surface area contributed by atoms with E-state index in [4.69, 9.17) is 0 Å². The summed E-state index contributed by atoms with van der Waals surface area (Å²) >= 11 is 0. The molecule has 3 unspecified atom stereocenters. The molecule has 0 aromatic heterocycles. The van der Waals surface area contributed by atoms with Gasteiger partial charge in [0, 0.05) is 29.7 Å². The molecular formula is C21H16FN3O3. The van der Waals surface area contributed by atoms with Crippen molar-refractivity contribution in [2.24, 2.45) is 5.92 Å². The number of allylic oxidation sites excluding steroid dienone is 1. The second-order valence-corrected chi connectivity index (χ2v) is 7.21. The Hall–Kier alpha value is -3.48. The Kier molecular flexibility index (Phi) is 3.43. The number of imide groups is 1. The molecule has 1 fully saturated rings. The fourth-order valence-corrected chi connectivity index (χ4v) is 4.43. The molecule has 3 amide bonds. The number of hydrogen-bond acceptors (Lipinski definition) is 4. The van der Waals surface area contributed by atoms with E-state index >= 15 is 0 Å². The third kappa shape index (κ3) is 2.16. The van der Waals surface area contributed by atoms with E-state index in [1.807, 2.05) is 12.1 Å². The van der Waals surface area contributed by atoms with Crippen LogP contribution in [0.2, 0.25) is 0 Å². The number of halogens is 1. The largest absolute Gasteiger partial charge is 0.364 e. The molecule has 3 atom stereocenters. The maximum atomic E-state index is 13.5. The van der Waals surface area contributed by atoms with E-state index < -0.39 is 35.8 Å². The number of rotatable bonds is 1. The van der Waals surface area contributed by atoms with Gasteiger partial charge >= 0.3 is 6.03 Å². The molecule has 28 heavy (non-hydrogen) atoms. The van der Waals surface area contributed by atoms with Gasteiger partial charge in [0.25, 0.3) is 0 Å². The van der Waals surface area contributed by atoms with Gasteiger partial charge < -0.3 is 10.2 Å².